The van der Waals surface area contributed by atoms with Crippen LogP contribution in [0.5, 0.6) is 0 Å². The molecular formula is C15H23N3O. The van der Waals surface area contributed by atoms with Gasteiger partial charge in [-0.15, -0.1) is 0 Å². The first kappa shape index (κ1) is 14.0. The van der Waals surface area contributed by atoms with Gasteiger partial charge in [0.2, 0.25) is 5.91 Å². The highest BCUT2D eigenvalue weighted by Gasteiger charge is 2.43. The summed E-state index contributed by atoms with van der Waals surface area (Å²) in [7, 11) is 0. The first-order valence-electron chi connectivity index (χ1n) is 6.96. The summed E-state index contributed by atoms with van der Waals surface area (Å²) in [5, 5.41) is 6.36. The lowest BCUT2D eigenvalue weighted by Crippen LogP contribution is -2.45. The number of nitrogens with zero attached hydrogens (tertiary/aromatic N) is 1. The fraction of sp³-hybridized carbons (Fsp3) is 0.600. The average molecular weight is 261 g/mol. The highest BCUT2D eigenvalue weighted by molar-refractivity contribution is 5.83. The molecule has 4 nitrogen and oxygen atoms in total. The highest BCUT2D eigenvalue weighted by Crippen LogP contribution is 2.34. The second-order valence-electron chi connectivity index (χ2n) is 5.69. The van der Waals surface area contributed by atoms with Crippen LogP contribution in [0.1, 0.15) is 31.7 Å². The van der Waals surface area contributed by atoms with Crippen LogP contribution in [0.3, 0.4) is 0 Å². The van der Waals surface area contributed by atoms with Gasteiger partial charge in [0.05, 0.1) is 17.7 Å². The number of aryl methyl sites for hydroxylation is 1. The molecule has 0 radical (unpaired) electrons. The Hall–Kier alpha value is -1.42. The third-order valence-electron chi connectivity index (χ3n) is 4.12. The van der Waals surface area contributed by atoms with E-state index in [-0.39, 0.29) is 11.3 Å². The second-order valence-corrected chi connectivity index (χ2v) is 5.69. The van der Waals surface area contributed by atoms with E-state index < -0.39 is 0 Å². The summed E-state index contributed by atoms with van der Waals surface area (Å²) in [5.74, 6) is 0.490. The van der Waals surface area contributed by atoms with Crippen molar-refractivity contribution in [3.8, 4) is 0 Å². The monoisotopic (exact) mass is 261 g/mol. The van der Waals surface area contributed by atoms with Crippen molar-refractivity contribution in [2.24, 2.45) is 11.3 Å². The van der Waals surface area contributed by atoms with Crippen LogP contribution in [0.2, 0.25) is 0 Å². The van der Waals surface area contributed by atoms with E-state index in [1.807, 2.05) is 25.1 Å². The van der Waals surface area contributed by atoms with Crippen LogP contribution in [-0.2, 0) is 11.3 Å². The maximum Gasteiger partial charge on any atom is 0.228 e. The molecule has 104 valence electrons. The summed E-state index contributed by atoms with van der Waals surface area (Å²) >= 11 is 0. The van der Waals surface area contributed by atoms with Crippen molar-refractivity contribution in [1.29, 1.82) is 0 Å². The molecule has 1 saturated heterocycles. The zero-order valence-corrected chi connectivity index (χ0v) is 12.0. The van der Waals surface area contributed by atoms with Crippen LogP contribution in [0.25, 0.3) is 0 Å². The van der Waals surface area contributed by atoms with Crippen LogP contribution < -0.4 is 10.6 Å². The molecule has 19 heavy (non-hydrogen) atoms. The van der Waals surface area contributed by atoms with Gasteiger partial charge in [0.25, 0.3) is 0 Å². The summed E-state index contributed by atoms with van der Waals surface area (Å²) in [6.45, 7) is 8.41. The zero-order chi connectivity index (χ0) is 13.9. The van der Waals surface area contributed by atoms with Crippen molar-refractivity contribution in [3.05, 3.63) is 29.6 Å². The third-order valence-corrected chi connectivity index (χ3v) is 4.12. The Kier molecular flexibility index (Phi) is 4.20. The number of nitrogens with one attached hydrogen (secondary N) is 2. The maximum absolute atomic E-state index is 12.5. The molecule has 0 bridgehead atoms. The lowest BCUT2D eigenvalue weighted by Gasteiger charge is -2.31. The van der Waals surface area contributed by atoms with Crippen LogP contribution in [0.4, 0.5) is 0 Å². The zero-order valence-electron chi connectivity index (χ0n) is 12.0. The normalized spacial score (nSPS) is 22.7. The molecule has 1 amide bonds. The number of pyridine rings is 1. The van der Waals surface area contributed by atoms with Crippen LogP contribution in [-0.4, -0.2) is 24.0 Å². The van der Waals surface area contributed by atoms with E-state index in [0.29, 0.717) is 12.5 Å². The molecule has 2 heterocycles. The Balaban J connectivity index is 2.00. The SMILES string of the molecule is Cc1cccc(CNC(=O)C2(C(C)C)CCNC2)n1. The summed E-state index contributed by atoms with van der Waals surface area (Å²) in [5.41, 5.74) is 1.63. The van der Waals surface area contributed by atoms with Gasteiger partial charge in [-0.3, -0.25) is 9.78 Å². The summed E-state index contributed by atoms with van der Waals surface area (Å²) in [4.78, 5) is 16.9. The van der Waals surface area contributed by atoms with E-state index in [1.54, 1.807) is 0 Å². The van der Waals surface area contributed by atoms with E-state index in [9.17, 15) is 4.79 Å². The predicted octanol–water partition coefficient (Wildman–Crippen LogP) is 1.64. The van der Waals surface area contributed by atoms with Gasteiger partial charge < -0.3 is 10.6 Å². The molecule has 1 unspecified atom stereocenters. The number of aromatic nitrogens is 1. The van der Waals surface area contributed by atoms with E-state index >= 15 is 0 Å². The summed E-state index contributed by atoms with van der Waals surface area (Å²) in [6.07, 6.45) is 0.914. The van der Waals surface area contributed by atoms with Gasteiger partial charge in [-0.1, -0.05) is 19.9 Å². The third kappa shape index (κ3) is 2.95. The van der Waals surface area contributed by atoms with Crippen molar-refractivity contribution in [2.45, 2.75) is 33.7 Å². The van der Waals surface area contributed by atoms with Gasteiger partial charge in [0.15, 0.2) is 0 Å². The molecule has 1 fully saturated rings. The summed E-state index contributed by atoms with van der Waals surface area (Å²) < 4.78 is 0. The van der Waals surface area contributed by atoms with Gasteiger partial charge in [0, 0.05) is 12.2 Å². The minimum atomic E-state index is -0.260. The average Bonchev–Trinajstić information content (AvgIpc) is 2.86. The number of hydrogen-bond donors (Lipinski definition) is 2. The van der Waals surface area contributed by atoms with Crippen molar-refractivity contribution in [1.82, 2.24) is 15.6 Å². The highest BCUT2D eigenvalue weighted by atomic mass is 16.2. The smallest absolute Gasteiger partial charge is 0.228 e. The van der Waals surface area contributed by atoms with Crippen molar-refractivity contribution >= 4 is 5.91 Å². The van der Waals surface area contributed by atoms with E-state index in [1.165, 1.54) is 0 Å². The molecule has 0 saturated carbocycles. The second kappa shape index (κ2) is 5.70. The van der Waals surface area contributed by atoms with E-state index in [0.717, 1.165) is 30.9 Å². The Bertz CT molecular complexity index is 450. The molecule has 2 rings (SSSR count). The van der Waals surface area contributed by atoms with Crippen molar-refractivity contribution in [3.63, 3.8) is 0 Å². The molecule has 1 aromatic rings. The van der Waals surface area contributed by atoms with Crippen molar-refractivity contribution < 1.29 is 4.79 Å². The number of carbonyl (C=O) groups excluding carboxylic acids is 1. The number of amides is 1. The Morgan fingerprint density at radius 3 is 2.89 bits per heavy atom. The molecule has 1 aliphatic rings. The largest absolute Gasteiger partial charge is 0.350 e. The van der Waals surface area contributed by atoms with Gasteiger partial charge in [-0.2, -0.15) is 0 Å². The number of carbonyl (C=O) groups is 1. The van der Waals surface area contributed by atoms with Gasteiger partial charge in [-0.25, -0.2) is 0 Å². The quantitative estimate of drug-likeness (QED) is 0.866. The molecule has 2 N–H and O–H groups in total. The van der Waals surface area contributed by atoms with Crippen LogP contribution in [0.15, 0.2) is 18.2 Å². The molecule has 1 atom stereocenters. The van der Waals surface area contributed by atoms with E-state index in [4.69, 9.17) is 0 Å². The van der Waals surface area contributed by atoms with Crippen LogP contribution >= 0.6 is 0 Å². The molecule has 4 heteroatoms. The van der Waals surface area contributed by atoms with Crippen molar-refractivity contribution in [2.75, 3.05) is 13.1 Å². The fourth-order valence-electron chi connectivity index (χ4n) is 2.70. The maximum atomic E-state index is 12.5. The molecular weight excluding hydrogens is 238 g/mol. The molecule has 0 aliphatic carbocycles. The topological polar surface area (TPSA) is 54.0 Å². The predicted molar refractivity (Wildman–Crippen MR) is 75.6 cm³/mol. The molecule has 0 spiro atoms. The lowest BCUT2D eigenvalue weighted by atomic mass is 9.75. The molecule has 1 aromatic heterocycles. The van der Waals surface area contributed by atoms with Gasteiger partial charge in [-0.05, 0) is 37.9 Å². The molecule has 1 aliphatic heterocycles. The fourth-order valence-corrected chi connectivity index (χ4v) is 2.70. The standard InChI is InChI=1S/C15H23N3O/c1-11(2)15(7-8-16-10-15)14(19)17-9-13-6-4-5-12(3)18-13/h4-6,11,16H,7-10H2,1-3H3,(H,17,19). The minimum absolute atomic E-state index is 0.149. The summed E-state index contributed by atoms with van der Waals surface area (Å²) in [6, 6.07) is 5.88. The van der Waals surface area contributed by atoms with Gasteiger partial charge >= 0.3 is 0 Å². The first-order valence-corrected chi connectivity index (χ1v) is 6.96. The van der Waals surface area contributed by atoms with E-state index in [2.05, 4.69) is 29.5 Å². The number of rotatable bonds is 4. The lowest BCUT2D eigenvalue weighted by molar-refractivity contribution is -0.132. The Labute approximate surface area is 115 Å². The van der Waals surface area contributed by atoms with Crippen LogP contribution in [0, 0.1) is 18.3 Å². The van der Waals surface area contributed by atoms with Gasteiger partial charge in [0.1, 0.15) is 0 Å². The first-order chi connectivity index (χ1) is 9.04. The number of hydrogen-bond acceptors (Lipinski definition) is 3. The molecule has 0 aromatic carbocycles. The minimum Gasteiger partial charge on any atom is -0.350 e. The Morgan fingerprint density at radius 1 is 1.53 bits per heavy atom. The Morgan fingerprint density at radius 2 is 2.32 bits per heavy atom.